The second-order valence-corrected chi connectivity index (χ2v) is 7.90. The zero-order valence-electron chi connectivity index (χ0n) is 16.1. The molecule has 30 heavy (non-hydrogen) atoms. The van der Waals surface area contributed by atoms with Gasteiger partial charge in [-0.3, -0.25) is 4.79 Å². The highest BCUT2D eigenvalue weighted by Gasteiger charge is 2.20. The summed E-state index contributed by atoms with van der Waals surface area (Å²) in [4.78, 5) is 24.2. The summed E-state index contributed by atoms with van der Waals surface area (Å²) in [5, 5.41) is 14.3. The first-order chi connectivity index (χ1) is 14.4. The van der Waals surface area contributed by atoms with E-state index >= 15 is 0 Å². The first-order valence-electron chi connectivity index (χ1n) is 8.74. The van der Waals surface area contributed by atoms with Crippen molar-refractivity contribution in [2.24, 2.45) is 0 Å². The predicted molar refractivity (Wildman–Crippen MR) is 122 cm³/mol. The highest BCUT2D eigenvalue weighted by atomic mass is 79.9. The minimum Gasteiger partial charge on any atom is -0.493 e. The van der Waals surface area contributed by atoms with Crippen molar-refractivity contribution in [3.8, 4) is 22.6 Å². The molecule has 3 rings (SSSR count). The Labute approximate surface area is 185 Å². The van der Waals surface area contributed by atoms with Gasteiger partial charge in [-0.15, -0.1) is 11.3 Å². The highest BCUT2D eigenvalue weighted by Crippen LogP contribution is 2.36. The summed E-state index contributed by atoms with van der Waals surface area (Å²) >= 11 is 4.53. The predicted octanol–water partition coefficient (Wildman–Crippen LogP) is 5.54. The molecule has 3 aromatic rings. The van der Waals surface area contributed by atoms with E-state index in [-0.39, 0.29) is 10.6 Å². The average molecular weight is 488 g/mol. The van der Waals surface area contributed by atoms with Crippen LogP contribution in [-0.4, -0.2) is 31.2 Å². The summed E-state index contributed by atoms with van der Waals surface area (Å²) < 4.78 is 11.3. The fourth-order valence-electron chi connectivity index (χ4n) is 2.79. The van der Waals surface area contributed by atoms with Gasteiger partial charge in [0.1, 0.15) is 10.6 Å². The van der Waals surface area contributed by atoms with Crippen LogP contribution in [0.2, 0.25) is 0 Å². The molecule has 1 amide bonds. The van der Waals surface area contributed by atoms with Gasteiger partial charge in [0.05, 0.1) is 14.2 Å². The molecule has 2 aromatic carbocycles. The van der Waals surface area contributed by atoms with Gasteiger partial charge in [-0.25, -0.2) is 4.79 Å². The van der Waals surface area contributed by atoms with E-state index in [9.17, 15) is 14.7 Å². The van der Waals surface area contributed by atoms with Crippen LogP contribution in [0.3, 0.4) is 0 Å². The number of carboxylic acids is 1. The second-order valence-electron chi connectivity index (χ2n) is 6.10. The van der Waals surface area contributed by atoms with Gasteiger partial charge in [-0.2, -0.15) is 0 Å². The molecule has 0 radical (unpaired) electrons. The molecule has 0 saturated carbocycles. The lowest BCUT2D eigenvalue weighted by Crippen LogP contribution is -2.10. The number of halogens is 1. The third-order valence-corrected chi connectivity index (χ3v) is 5.66. The van der Waals surface area contributed by atoms with Gasteiger partial charge in [-0.1, -0.05) is 34.1 Å². The van der Waals surface area contributed by atoms with E-state index in [4.69, 9.17) is 9.47 Å². The number of thiophene rings is 1. The van der Waals surface area contributed by atoms with E-state index in [1.165, 1.54) is 24.5 Å². The Balaban J connectivity index is 1.81. The number of rotatable bonds is 7. The zero-order chi connectivity index (χ0) is 21.7. The molecule has 0 aliphatic heterocycles. The number of aromatic carboxylic acids is 1. The third-order valence-electron chi connectivity index (χ3n) is 4.23. The molecule has 154 valence electrons. The smallest absolute Gasteiger partial charge is 0.339 e. The Bertz CT molecular complexity index is 1110. The van der Waals surface area contributed by atoms with Crippen molar-refractivity contribution >= 4 is 50.2 Å². The second kappa shape index (κ2) is 9.60. The Kier molecular flexibility index (Phi) is 6.91. The number of hydrogen-bond acceptors (Lipinski definition) is 5. The van der Waals surface area contributed by atoms with Crippen LogP contribution in [0.15, 0.2) is 58.4 Å². The number of methoxy groups -OCH3 is 2. The van der Waals surface area contributed by atoms with Gasteiger partial charge < -0.3 is 19.9 Å². The quantitative estimate of drug-likeness (QED) is 0.427. The molecular weight excluding hydrogens is 470 g/mol. The maximum atomic E-state index is 12.4. The SMILES string of the molecule is COc1ccc(/C=C/C(=O)Nc2scc(-c3ccc(Br)cc3)c2C(=O)O)cc1OC. The maximum Gasteiger partial charge on any atom is 0.339 e. The summed E-state index contributed by atoms with van der Waals surface area (Å²) in [7, 11) is 3.08. The van der Waals surface area contributed by atoms with Crippen LogP contribution >= 0.6 is 27.3 Å². The van der Waals surface area contributed by atoms with Crippen LogP contribution in [0.25, 0.3) is 17.2 Å². The summed E-state index contributed by atoms with van der Waals surface area (Å²) in [6.07, 6.45) is 2.95. The summed E-state index contributed by atoms with van der Waals surface area (Å²) in [6.45, 7) is 0. The molecule has 2 N–H and O–H groups in total. The lowest BCUT2D eigenvalue weighted by molar-refractivity contribution is -0.111. The standard InChI is InChI=1S/C22H18BrNO5S/c1-28-17-9-3-13(11-18(17)29-2)4-10-19(25)24-21-20(22(26)27)16(12-30-21)14-5-7-15(23)8-6-14/h3-12H,1-2H3,(H,24,25)(H,26,27)/b10-4+. The van der Waals surface area contributed by atoms with E-state index in [0.29, 0.717) is 17.1 Å². The molecule has 8 heteroatoms. The van der Waals surface area contributed by atoms with Crippen LogP contribution < -0.4 is 14.8 Å². The number of carbonyl (C=O) groups is 2. The molecule has 6 nitrogen and oxygen atoms in total. The fraction of sp³-hybridized carbons (Fsp3) is 0.0909. The number of carboxylic acid groups (broad SMARTS) is 1. The number of ether oxygens (including phenoxy) is 2. The van der Waals surface area contributed by atoms with E-state index in [0.717, 1.165) is 15.6 Å². The molecule has 0 aliphatic rings. The molecular formula is C22H18BrNO5S. The van der Waals surface area contributed by atoms with Crippen LogP contribution in [0, 0.1) is 0 Å². The minimum absolute atomic E-state index is 0.0650. The van der Waals surface area contributed by atoms with Gasteiger partial charge in [0, 0.05) is 21.5 Å². The van der Waals surface area contributed by atoms with Crippen molar-refractivity contribution in [3.63, 3.8) is 0 Å². The highest BCUT2D eigenvalue weighted by molar-refractivity contribution is 9.10. The van der Waals surface area contributed by atoms with Crippen molar-refractivity contribution in [1.82, 2.24) is 0 Å². The van der Waals surface area contributed by atoms with Gasteiger partial charge in [0.25, 0.3) is 0 Å². The number of carbonyl (C=O) groups excluding carboxylic acids is 1. The summed E-state index contributed by atoms with van der Waals surface area (Å²) in [6, 6.07) is 12.6. The molecule has 0 fully saturated rings. The van der Waals surface area contributed by atoms with E-state index < -0.39 is 11.9 Å². The molecule has 0 bridgehead atoms. The number of benzene rings is 2. The maximum absolute atomic E-state index is 12.4. The normalized spacial score (nSPS) is 10.8. The zero-order valence-corrected chi connectivity index (χ0v) is 18.5. The van der Waals surface area contributed by atoms with Crippen molar-refractivity contribution in [1.29, 1.82) is 0 Å². The van der Waals surface area contributed by atoms with E-state index in [2.05, 4.69) is 21.2 Å². The van der Waals surface area contributed by atoms with Gasteiger partial charge in [0.15, 0.2) is 11.5 Å². The van der Waals surface area contributed by atoms with Crippen molar-refractivity contribution in [2.45, 2.75) is 0 Å². The van der Waals surface area contributed by atoms with Crippen LogP contribution in [0.1, 0.15) is 15.9 Å². The summed E-state index contributed by atoms with van der Waals surface area (Å²) in [5.74, 6) is -0.403. The van der Waals surface area contributed by atoms with Crippen LogP contribution in [-0.2, 0) is 4.79 Å². The van der Waals surface area contributed by atoms with Crippen molar-refractivity contribution in [2.75, 3.05) is 19.5 Å². The van der Waals surface area contributed by atoms with Gasteiger partial charge >= 0.3 is 5.97 Å². The minimum atomic E-state index is -1.10. The molecule has 0 spiro atoms. The van der Waals surface area contributed by atoms with Crippen molar-refractivity contribution in [3.05, 3.63) is 69.5 Å². The number of nitrogens with one attached hydrogen (secondary N) is 1. The Morgan fingerprint density at radius 3 is 2.40 bits per heavy atom. The summed E-state index contributed by atoms with van der Waals surface area (Å²) in [5.41, 5.74) is 2.12. The Morgan fingerprint density at radius 2 is 1.77 bits per heavy atom. The largest absolute Gasteiger partial charge is 0.493 e. The fourth-order valence-corrected chi connectivity index (χ4v) is 4.01. The molecule has 0 saturated heterocycles. The van der Waals surface area contributed by atoms with Gasteiger partial charge in [0.2, 0.25) is 5.91 Å². The monoisotopic (exact) mass is 487 g/mol. The van der Waals surface area contributed by atoms with E-state index in [1.54, 1.807) is 36.8 Å². The number of hydrogen-bond donors (Lipinski definition) is 2. The third kappa shape index (κ3) is 4.90. The first kappa shape index (κ1) is 21.6. The topological polar surface area (TPSA) is 84.9 Å². The molecule has 0 unspecified atom stereocenters. The Hall–Kier alpha value is -3.10. The van der Waals surface area contributed by atoms with Gasteiger partial charge in [-0.05, 0) is 41.5 Å². The molecule has 0 atom stereocenters. The lowest BCUT2D eigenvalue weighted by Gasteiger charge is -2.07. The number of amides is 1. The first-order valence-corrected chi connectivity index (χ1v) is 10.4. The van der Waals surface area contributed by atoms with Crippen LogP contribution in [0.5, 0.6) is 11.5 Å². The Morgan fingerprint density at radius 1 is 1.07 bits per heavy atom. The average Bonchev–Trinajstić information content (AvgIpc) is 3.16. The number of anilines is 1. The van der Waals surface area contributed by atoms with Crippen molar-refractivity contribution < 1.29 is 24.2 Å². The lowest BCUT2D eigenvalue weighted by atomic mass is 10.0. The van der Waals surface area contributed by atoms with Crippen LogP contribution in [0.4, 0.5) is 5.00 Å². The molecule has 1 aromatic heterocycles. The molecule has 0 aliphatic carbocycles. The van der Waals surface area contributed by atoms with E-state index in [1.807, 2.05) is 24.3 Å². The molecule has 1 heterocycles.